The molecule has 1 N–H and O–H groups in total. The topological polar surface area (TPSA) is 84.3 Å². The van der Waals surface area contributed by atoms with Crippen LogP contribution in [0.3, 0.4) is 0 Å². The SMILES string of the molecule is COc1ccc(NC(=O)N(CC(=O)N(CCc2ccccc2)Cc2ccco2)C(C)C)c(OC)c1. The maximum absolute atomic E-state index is 13.4. The van der Waals surface area contributed by atoms with Crippen LogP contribution in [0.4, 0.5) is 10.5 Å². The summed E-state index contributed by atoms with van der Waals surface area (Å²) in [5.41, 5.74) is 1.63. The van der Waals surface area contributed by atoms with Crippen molar-refractivity contribution in [3.63, 3.8) is 0 Å². The number of urea groups is 1. The molecular formula is C27H33N3O5. The lowest BCUT2D eigenvalue weighted by atomic mass is 10.1. The maximum Gasteiger partial charge on any atom is 0.322 e. The molecule has 2 aromatic carbocycles. The second-order valence-electron chi connectivity index (χ2n) is 8.35. The lowest BCUT2D eigenvalue weighted by Crippen LogP contribution is -2.47. The Morgan fingerprint density at radius 1 is 1.00 bits per heavy atom. The monoisotopic (exact) mass is 479 g/mol. The van der Waals surface area contributed by atoms with Gasteiger partial charge in [0.15, 0.2) is 0 Å². The Morgan fingerprint density at radius 2 is 1.77 bits per heavy atom. The summed E-state index contributed by atoms with van der Waals surface area (Å²) in [7, 11) is 3.08. The zero-order chi connectivity index (χ0) is 25.2. The van der Waals surface area contributed by atoms with Crippen molar-refractivity contribution in [2.45, 2.75) is 32.9 Å². The number of ether oxygens (including phenoxy) is 2. The van der Waals surface area contributed by atoms with Gasteiger partial charge in [0.05, 0.1) is 32.7 Å². The van der Waals surface area contributed by atoms with Crippen molar-refractivity contribution in [2.24, 2.45) is 0 Å². The lowest BCUT2D eigenvalue weighted by molar-refractivity contribution is -0.133. The molecule has 1 heterocycles. The molecule has 0 aliphatic rings. The molecular weight excluding hydrogens is 446 g/mol. The van der Waals surface area contributed by atoms with E-state index in [1.807, 2.05) is 50.2 Å². The van der Waals surface area contributed by atoms with E-state index >= 15 is 0 Å². The molecule has 0 aliphatic carbocycles. The molecule has 0 atom stereocenters. The Hall–Kier alpha value is -3.94. The largest absolute Gasteiger partial charge is 0.497 e. The molecule has 35 heavy (non-hydrogen) atoms. The minimum Gasteiger partial charge on any atom is -0.497 e. The molecule has 186 valence electrons. The van der Waals surface area contributed by atoms with Crippen LogP contribution in [0.1, 0.15) is 25.2 Å². The number of carbonyl (C=O) groups excluding carboxylic acids is 2. The summed E-state index contributed by atoms with van der Waals surface area (Å²) in [6, 6.07) is 18.2. The van der Waals surface area contributed by atoms with E-state index < -0.39 is 6.03 Å². The highest BCUT2D eigenvalue weighted by molar-refractivity contribution is 5.94. The average molecular weight is 480 g/mol. The number of amides is 3. The number of furan rings is 1. The Morgan fingerprint density at radius 3 is 2.40 bits per heavy atom. The van der Waals surface area contributed by atoms with E-state index in [4.69, 9.17) is 13.9 Å². The number of hydrogen-bond donors (Lipinski definition) is 1. The Labute approximate surface area is 206 Å². The summed E-state index contributed by atoms with van der Waals surface area (Å²) in [5, 5.41) is 2.86. The zero-order valence-electron chi connectivity index (χ0n) is 20.7. The minimum atomic E-state index is -0.391. The average Bonchev–Trinajstić information content (AvgIpc) is 3.38. The van der Waals surface area contributed by atoms with E-state index in [9.17, 15) is 9.59 Å². The predicted molar refractivity (Wildman–Crippen MR) is 135 cm³/mol. The van der Waals surface area contributed by atoms with E-state index in [2.05, 4.69) is 5.32 Å². The number of anilines is 1. The van der Waals surface area contributed by atoms with Gasteiger partial charge in [0.2, 0.25) is 5.91 Å². The van der Waals surface area contributed by atoms with Gasteiger partial charge in [-0.2, -0.15) is 0 Å². The van der Waals surface area contributed by atoms with E-state index in [0.29, 0.717) is 42.5 Å². The summed E-state index contributed by atoms with van der Waals surface area (Å²) >= 11 is 0. The van der Waals surface area contributed by atoms with Gasteiger partial charge in [-0.15, -0.1) is 0 Å². The number of methoxy groups -OCH3 is 2. The second kappa shape index (κ2) is 12.5. The summed E-state index contributed by atoms with van der Waals surface area (Å²) < 4.78 is 16.1. The molecule has 8 heteroatoms. The third-order valence-corrected chi connectivity index (χ3v) is 5.63. The molecule has 0 saturated carbocycles. The van der Waals surface area contributed by atoms with Gasteiger partial charge < -0.3 is 29.0 Å². The van der Waals surface area contributed by atoms with Crippen LogP contribution in [-0.4, -0.2) is 55.1 Å². The molecule has 3 rings (SSSR count). The van der Waals surface area contributed by atoms with Crippen molar-refractivity contribution >= 4 is 17.6 Å². The summed E-state index contributed by atoms with van der Waals surface area (Å²) in [6.07, 6.45) is 2.29. The molecule has 0 fully saturated rings. The Balaban J connectivity index is 1.72. The zero-order valence-corrected chi connectivity index (χ0v) is 20.7. The fourth-order valence-electron chi connectivity index (χ4n) is 3.61. The molecule has 0 aliphatic heterocycles. The molecule has 3 amide bonds. The van der Waals surface area contributed by atoms with Crippen molar-refractivity contribution in [3.8, 4) is 11.5 Å². The van der Waals surface area contributed by atoms with Crippen molar-refractivity contribution in [1.29, 1.82) is 0 Å². The van der Waals surface area contributed by atoms with Crippen LogP contribution in [0, 0.1) is 0 Å². The number of benzene rings is 2. The fourth-order valence-corrected chi connectivity index (χ4v) is 3.61. The number of carbonyl (C=O) groups is 2. The molecule has 0 unspecified atom stereocenters. The first-order valence-corrected chi connectivity index (χ1v) is 11.5. The minimum absolute atomic E-state index is 0.0720. The maximum atomic E-state index is 13.4. The first-order chi connectivity index (χ1) is 16.9. The van der Waals surface area contributed by atoms with E-state index in [1.165, 1.54) is 12.0 Å². The first kappa shape index (κ1) is 25.7. The third kappa shape index (κ3) is 7.27. The van der Waals surface area contributed by atoms with Crippen molar-refractivity contribution in [1.82, 2.24) is 9.80 Å². The van der Waals surface area contributed by atoms with Crippen molar-refractivity contribution < 1.29 is 23.5 Å². The summed E-state index contributed by atoms with van der Waals surface area (Å²) in [6.45, 7) is 4.51. The van der Waals surface area contributed by atoms with Gasteiger partial charge in [0.1, 0.15) is 23.8 Å². The van der Waals surface area contributed by atoms with Gasteiger partial charge in [-0.3, -0.25) is 4.79 Å². The van der Waals surface area contributed by atoms with Crippen molar-refractivity contribution in [3.05, 3.63) is 78.3 Å². The smallest absolute Gasteiger partial charge is 0.322 e. The molecule has 0 radical (unpaired) electrons. The standard InChI is InChI=1S/C27H33N3O5/c1-20(2)30(27(32)28-24-13-12-22(33-3)17-25(24)34-4)19-26(31)29(18-23-11-8-16-35-23)15-14-21-9-6-5-7-10-21/h5-13,16-17,20H,14-15,18-19H2,1-4H3,(H,28,32). The van der Waals surface area contributed by atoms with Gasteiger partial charge in [-0.05, 0) is 50.1 Å². The van der Waals surface area contributed by atoms with Gasteiger partial charge in [-0.25, -0.2) is 4.79 Å². The normalized spacial score (nSPS) is 10.7. The predicted octanol–water partition coefficient (Wildman–Crippen LogP) is 4.81. The number of nitrogens with zero attached hydrogens (tertiary/aromatic N) is 2. The quantitative estimate of drug-likeness (QED) is 0.427. The van der Waals surface area contributed by atoms with Gasteiger partial charge in [-0.1, -0.05) is 30.3 Å². The fraction of sp³-hybridized carbons (Fsp3) is 0.333. The number of hydrogen-bond acceptors (Lipinski definition) is 5. The van der Waals surface area contributed by atoms with Crippen LogP contribution in [0.2, 0.25) is 0 Å². The molecule has 3 aromatic rings. The lowest BCUT2D eigenvalue weighted by Gasteiger charge is -2.30. The first-order valence-electron chi connectivity index (χ1n) is 11.5. The summed E-state index contributed by atoms with van der Waals surface area (Å²) in [4.78, 5) is 29.8. The highest BCUT2D eigenvalue weighted by Crippen LogP contribution is 2.29. The van der Waals surface area contributed by atoms with E-state index in [0.717, 1.165) is 5.56 Å². The molecule has 0 bridgehead atoms. The van der Waals surface area contributed by atoms with E-state index in [1.54, 1.807) is 42.5 Å². The van der Waals surface area contributed by atoms with Gasteiger partial charge in [0.25, 0.3) is 0 Å². The van der Waals surface area contributed by atoms with Crippen LogP contribution in [0.15, 0.2) is 71.3 Å². The van der Waals surface area contributed by atoms with Crippen LogP contribution in [0.5, 0.6) is 11.5 Å². The second-order valence-corrected chi connectivity index (χ2v) is 8.35. The highest BCUT2D eigenvalue weighted by Gasteiger charge is 2.25. The van der Waals surface area contributed by atoms with E-state index in [-0.39, 0.29) is 18.5 Å². The molecule has 1 aromatic heterocycles. The van der Waals surface area contributed by atoms with Crippen molar-refractivity contribution in [2.75, 3.05) is 32.6 Å². The van der Waals surface area contributed by atoms with Crippen LogP contribution >= 0.6 is 0 Å². The number of rotatable bonds is 11. The van der Waals surface area contributed by atoms with Crippen LogP contribution in [-0.2, 0) is 17.8 Å². The Bertz CT molecular complexity index is 1080. The van der Waals surface area contributed by atoms with Crippen LogP contribution < -0.4 is 14.8 Å². The number of nitrogens with one attached hydrogen (secondary N) is 1. The molecule has 8 nitrogen and oxygen atoms in total. The highest BCUT2D eigenvalue weighted by atomic mass is 16.5. The Kier molecular flexibility index (Phi) is 9.17. The summed E-state index contributed by atoms with van der Waals surface area (Å²) in [5.74, 6) is 1.61. The third-order valence-electron chi connectivity index (χ3n) is 5.63. The molecule has 0 spiro atoms. The van der Waals surface area contributed by atoms with Gasteiger partial charge >= 0.3 is 6.03 Å². The molecule has 0 saturated heterocycles. The van der Waals surface area contributed by atoms with Crippen LogP contribution in [0.25, 0.3) is 0 Å². The van der Waals surface area contributed by atoms with Gasteiger partial charge in [0, 0.05) is 18.7 Å².